The van der Waals surface area contributed by atoms with Crippen molar-refractivity contribution in [3.63, 3.8) is 0 Å². The van der Waals surface area contributed by atoms with Gasteiger partial charge in [-0.15, -0.1) is 22.7 Å². The van der Waals surface area contributed by atoms with Crippen molar-refractivity contribution in [1.29, 1.82) is 0 Å². The Kier molecular flexibility index (Phi) is 13.6. The zero-order chi connectivity index (χ0) is 27.8. The SMILES string of the molecule is C/C(=N/S(=O)(=O)c1ccc([N-]c2ccccn2)cc1)c1cccs1.N/C([S-])=N/N=C\c1cccs1.[O]=[Mo+2]=[O]. The van der Waals surface area contributed by atoms with Crippen LogP contribution in [0.1, 0.15) is 16.7 Å². The average Bonchev–Trinajstić information content (AvgIpc) is 3.61. The van der Waals surface area contributed by atoms with Crippen molar-refractivity contribution in [3.05, 3.63) is 98.8 Å². The Balaban J connectivity index is 0.000000302. The molecule has 0 unspecified atom stereocenters. The van der Waals surface area contributed by atoms with Gasteiger partial charge in [-0.2, -0.15) is 23.0 Å². The molecule has 10 nitrogen and oxygen atoms in total. The number of sulfonamides is 1. The van der Waals surface area contributed by atoms with E-state index in [9.17, 15) is 8.42 Å². The fourth-order valence-corrected chi connectivity index (χ4v) is 4.92. The molecule has 4 rings (SSSR count). The molecule has 196 valence electrons. The first kappa shape index (κ1) is 31.1. The summed E-state index contributed by atoms with van der Waals surface area (Å²) in [5.41, 5.74) is 6.20. The molecule has 1 aromatic carbocycles. The van der Waals surface area contributed by atoms with Crippen molar-refractivity contribution in [2.75, 3.05) is 0 Å². The van der Waals surface area contributed by atoms with Gasteiger partial charge in [-0.3, -0.25) is 0 Å². The number of pyridine rings is 1. The quantitative estimate of drug-likeness (QED) is 0.0910. The van der Waals surface area contributed by atoms with Crippen LogP contribution in [0.5, 0.6) is 0 Å². The van der Waals surface area contributed by atoms with E-state index in [0.717, 1.165) is 9.75 Å². The van der Waals surface area contributed by atoms with E-state index in [1.807, 2.05) is 47.2 Å². The van der Waals surface area contributed by atoms with Gasteiger partial charge in [0.1, 0.15) is 0 Å². The van der Waals surface area contributed by atoms with Crippen molar-refractivity contribution in [1.82, 2.24) is 4.98 Å². The number of hydrogen-bond acceptors (Lipinski definition) is 10. The molecule has 4 aromatic rings. The minimum atomic E-state index is -3.74. The summed E-state index contributed by atoms with van der Waals surface area (Å²) in [7, 11) is -3.74. The summed E-state index contributed by atoms with van der Waals surface area (Å²) >= 11 is 5.50. The molecule has 0 fully saturated rings. The first-order valence-corrected chi connectivity index (χ1v) is 15.6. The molecule has 0 aliphatic heterocycles. The molecule has 0 aliphatic carbocycles. The van der Waals surface area contributed by atoms with Crippen molar-refractivity contribution in [2.45, 2.75) is 11.8 Å². The van der Waals surface area contributed by atoms with Crippen LogP contribution in [-0.4, -0.2) is 30.5 Å². The summed E-state index contributed by atoms with van der Waals surface area (Å²) in [6.45, 7) is 1.69. The van der Waals surface area contributed by atoms with E-state index in [-0.39, 0.29) is 10.1 Å². The number of aromatic nitrogens is 1. The number of benzene rings is 1. The molecular weight excluding hydrogens is 648 g/mol. The number of nitrogens with zero attached hydrogens (tertiary/aromatic N) is 5. The number of thiophene rings is 2. The van der Waals surface area contributed by atoms with Crippen LogP contribution in [0.4, 0.5) is 11.5 Å². The van der Waals surface area contributed by atoms with Gasteiger partial charge >= 0.3 is 25.3 Å². The molecule has 0 saturated heterocycles. The molecule has 0 bridgehead atoms. The molecule has 2 N–H and O–H groups in total. The fourth-order valence-electron chi connectivity index (χ4n) is 2.51. The van der Waals surface area contributed by atoms with Crippen molar-refractivity contribution in [3.8, 4) is 0 Å². The normalized spacial score (nSPS) is 11.5. The van der Waals surface area contributed by atoms with Crippen LogP contribution in [0.3, 0.4) is 0 Å². The molecule has 0 atom stereocenters. The molecular formula is C23H20MoN6O4S4. The molecule has 3 aromatic heterocycles. The maximum absolute atomic E-state index is 12.4. The van der Waals surface area contributed by atoms with Gasteiger partial charge in [-0.25, -0.2) is 0 Å². The molecule has 0 saturated carbocycles. The second kappa shape index (κ2) is 16.6. The van der Waals surface area contributed by atoms with Gasteiger partial charge in [-0.1, -0.05) is 54.5 Å². The summed E-state index contributed by atoms with van der Waals surface area (Å²) in [6, 6.07) is 19.3. The van der Waals surface area contributed by atoms with Gasteiger partial charge in [-0.05, 0) is 52.8 Å². The maximum atomic E-state index is 12.4. The van der Waals surface area contributed by atoms with Crippen LogP contribution in [0.25, 0.3) is 5.32 Å². The van der Waals surface area contributed by atoms with E-state index in [1.165, 1.54) is 23.5 Å². The van der Waals surface area contributed by atoms with Gasteiger partial charge in [0.25, 0.3) is 10.0 Å². The van der Waals surface area contributed by atoms with Crippen molar-refractivity contribution < 1.29 is 33.7 Å². The Morgan fingerprint density at radius 1 is 1.03 bits per heavy atom. The van der Waals surface area contributed by atoms with E-state index >= 15 is 0 Å². The number of amidine groups is 1. The van der Waals surface area contributed by atoms with Crippen LogP contribution in [-0.2, 0) is 47.9 Å². The van der Waals surface area contributed by atoms with E-state index in [4.69, 9.17) is 12.5 Å². The van der Waals surface area contributed by atoms with E-state index < -0.39 is 28.5 Å². The Bertz CT molecular complexity index is 1480. The van der Waals surface area contributed by atoms with Crippen LogP contribution >= 0.6 is 22.7 Å². The third-order valence-electron chi connectivity index (χ3n) is 4.05. The first-order valence-electron chi connectivity index (χ1n) is 10.3. The zero-order valence-corrected chi connectivity index (χ0v) is 24.9. The first-order chi connectivity index (χ1) is 18.2. The third-order valence-corrected chi connectivity index (χ3v) is 7.30. The summed E-state index contributed by atoms with van der Waals surface area (Å²) in [4.78, 5) is 6.11. The van der Waals surface area contributed by atoms with E-state index in [1.54, 1.807) is 48.9 Å². The number of rotatable bonds is 7. The topological polar surface area (TPSA) is 158 Å². The molecule has 3 heterocycles. The molecule has 0 aliphatic rings. The molecule has 15 heteroatoms. The fraction of sp³-hybridized carbons (Fsp3) is 0.0435. The number of hydrogen-bond donors (Lipinski definition) is 1. The summed E-state index contributed by atoms with van der Waals surface area (Å²) < 4.78 is 45.7. The van der Waals surface area contributed by atoms with Crippen LogP contribution in [0.15, 0.2) is 103 Å². The molecule has 38 heavy (non-hydrogen) atoms. The monoisotopic (exact) mass is 670 g/mol. The van der Waals surface area contributed by atoms with Crippen molar-refractivity contribution in [2.24, 2.45) is 20.3 Å². The molecule has 0 radical (unpaired) electrons. The van der Waals surface area contributed by atoms with Gasteiger partial charge < -0.3 is 28.7 Å². The third kappa shape index (κ3) is 11.5. The van der Waals surface area contributed by atoms with Gasteiger partial charge in [0.15, 0.2) is 0 Å². The molecule has 0 spiro atoms. The van der Waals surface area contributed by atoms with E-state index in [0.29, 0.717) is 17.2 Å². The second-order valence-corrected chi connectivity index (χ2v) is 11.0. The van der Waals surface area contributed by atoms with Gasteiger partial charge in [0, 0.05) is 9.75 Å². The summed E-state index contributed by atoms with van der Waals surface area (Å²) in [5.74, 6) is 0.569. The molecule has 0 amide bonds. The second-order valence-electron chi connectivity index (χ2n) is 6.69. The predicted molar refractivity (Wildman–Crippen MR) is 149 cm³/mol. The van der Waals surface area contributed by atoms with Crippen LogP contribution in [0, 0.1) is 0 Å². The minimum absolute atomic E-state index is 0.0535. The number of nitrogens with two attached hydrogens (primary N) is 1. The van der Waals surface area contributed by atoms with E-state index in [2.05, 4.69) is 37.5 Å². The zero-order valence-electron chi connectivity index (χ0n) is 19.6. The Morgan fingerprint density at radius 3 is 2.26 bits per heavy atom. The summed E-state index contributed by atoms with van der Waals surface area (Å²) in [5, 5.41) is 15.4. The van der Waals surface area contributed by atoms with Crippen LogP contribution < -0.4 is 5.73 Å². The van der Waals surface area contributed by atoms with Crippen molar-refractivity contribution >= 4 is 73.9 Å². The summed E-state index contributed by atoms with van der Waals surface area (Å²) in [6.07, 6.45) is 3.27. The Labute approximate surface area is 242 Å². The Morgan fingerprint density at radius 2 is 1.71 bits per heavy atom. The van der Waals surface area contributed by atoms with Gasteiger partial charge in [0.05, 0.1) is 16.8 Å². The predicted octanol–water partition coefficient (Wildman–Crippen LogP) is 5.38. The Hall–Kier alpha value is -3.16. The average molecular weight is 669 g/mol. The standard InChI is InChI=1S/C17H14N3O2S2.C6H7N3S2.Mo.2O/c1-13(16-5-4-12-23-16)20-24(21,22)15-9-7-14(8-10-15)19-17-6-2-3-11-18-17;7-6(10)9-8-4-5-2-1-3-11-5;;;/h2-12H,1H3;1-4H,(H3,7,9,10);;;/q-1;;+2;;/p-1/b20-13-;8-4-;;;. The van der Waals surface area contributed by atoms with Crippen LogP contribution in [0.2, 0.25) is 0 Å². The van der Waals surface area contributed by atoms with Gasteiger partial charge in [0.2, 0.25) is 0 Å².